The van der Waals surface area contributed by atoms with Crippen LogP contribution in [0.3, 0.4) is 0 Å². The maximum absolute atomic E-state index is 14.7. The molecule has 1 unspecified atom stereocenters. The third kappa shape index (κ3) is 7.26. The Kier molecular flexibility index (Phi) is 9.55. The normalized spacial score (nSPS) is 26.6. The first-order valence-electron chi connectivity index (χ1n) is 18.9. The molecule has 3 fully saturated rings. The predicted octanol–water partition coefficient (Wildman–Crippen LogP) is 2.98. The average Bonchev–Trinajstić information content (AvgIpc) is 4.07. The van der Waals surface area contributed by atoms with Gasteiger partial charge in [0.1, 0.15) is 29.4 Å². The summed E-state index contributed by atoms with van der Waals surface area (Å²) < 4.78 is 36.1. The summed E-state index contributed by atoms with van der Waals surface area (Å²) >= 11 is 0. The Balaban J connectivity index is 1.12. The van der Waals surface area contributed by atoms with E-state index in [1.165, 1.54) is 4.90 Å². The van der Waals surface area contributed by atoms with Crippen LogP contribution in [0.15, 0.2) is 60.8 Å². The van der Waals surface area contributed by atoms with Gasteiger partial charge in [-0.15, -0.1) is 0 Å². The van der Waals surface area contributed by atoms with Gasteiger partial charge in [0.2, 0.25) is 27.7 Å². The zero-order valence-corrected chi connectivity index (χ0v) is 31.5. The number of benzene rings is 1. The van der Waals surface area contributed by atoms with Crippen molar-refractivity contribution in [2.24, 2.45) is 13.0 Å². The molecular weight excluding hydrogens is 725 g/mol. The van der Waals surface area contributed by atoms with Crippen LogP contribution in [-0.4, -0.2) is 92.2 Å². The number of ether oxygens (including phenoxy) is 1. The number of hydrogen-bond donors (Lipinski definition) is 3. The van der Waals surface area contributed by atoms with Crippen LogP contribution in [0, 0.1) is 12.8 Å². The van der Waals surface area contributed by atoms with Crippen LogP contribution in [0.1, 0.15) is 74.0 Å². The van der Waals surface area contributed by atoms with Crippen molar-refractivity contribution in [3.63, 3.8) is 0 Å². The van der Waals surface area contributed by atoms with Crippen molar-refractivity contribution in [3.05, 3.63) is 72.2 Å². The second-order valence-corrected chi connectivity index (χ2v) is 17.1. The first-order chi connectivity index (χ1) is 26.4. The van der Waals surface area contributed by atoms with Crippen LogP contribution < -0.4 is 20.1 Å². The lowest BCUT2D eigenvalue weighted by molar-refractivity contribution is -0.141. The van der Waals surface area contributed by atoms with E-state index in [1.807, 2.05) is 55.5 Å². The fourth-order valence-corrected chi connectivity index (χ4v) is 9.12. The maximum atomic E-state index is 14.7. The summed E-state index contributed by atoms with van der Waals surface area (Å²) in [5, 5.41) is 11.9. The van der Waals surface area contributed by atoms with Gasteiger partial charge in [0.25, 0.3) is 11.8 Å². The van der Waals surface area contributed by atoms with Gasteiger partial charge < -0.3 is 20.3 Å². The molecule has 3 aromatic heterocycles. The number of carbonyl (C=O) groups excluding carboxylic acids is 4. The molecule has 1 aromatic carbocycles. The Morgan fingerprint density at radius 2 is 1.80 bits per heavy atom. The summed E-state index contributed by atoms with van der Waals surface area (Å²) in [6.07, 6.45) is 9.18. The molecule has 0 spiro atoms. The number of pyridine rings is 2. The van der Waals surface area contributed by atoms with Crippen molar-refractivity contribution in [2.45, 2.75) is 93.7 Å². The molecule has 1 saturated heterocycles. The number of fused-ring (bicyclic) bond motifs is 5. The Labute approximate surface area is 318 Å². The largest absolute Gasteiger partial charge is 0.472 e. The Bertz CT molecular complexity index is 2320. The average molecular weight is 769 g/mol. The van der Waals surface area contributed by atoms with E-state index in [1.54, 1.807) is 24.0 Å². The number of nitrogens with one attached hydrogen (secondary N) is 3. The van der Waals surface area contributed by atoms with Crippen molar-refractivity contribution in [2.75, 3.05) is 6.54 Å². The van der Waals surface area contributed by atoms with Crippen LogP contribution in [0.4, 0.5) is 0 Å². The standard InChI is InChI=1S/C39H44N8O7S/c1-23-19-31(44-46(23)2)34(48)41-30-15-7-5-3-4-6-11-24-21-39(24,38(51)45-55(52,53)26-16-17-26)43-35(49)32-20-25(22-47(32)37(30)50)54-36-29-13-9-8-12-27(29)28-14-10-18-40-33(28)42-36/h6,8-14,18-19,24-26,30,32H,3-5,7,15-17,20-22H2,1-2H3,(H,41,48)(H,43,49)(H,45,51)/b11-6-/t24?,25-,30+,32+,39-/m1/s1. The molecule has 4 amide bonds. The highest BCUT2D eigenvalue weighted by atomic mass is 32.2. The highest BCUT2D eigenvalue weighted by Crippen LogP contribution is 2.46. The van der Waals surface area contributed by atoms with Gasteiger partial charge in [-0.05, 0) is 75.1 Å². The SMILES string of the molecule is Cc1cc(C(=O)N[C@H]2CCCCC/C=C\C3C[C@@]3(C(=O)NS(=O)(=O)C3CC3)NC(=O)[C@@H]3C[C@@H](Oc4nc5ncccc5c5ccccc45)CN3C2=O)nn1C. The number of aryl methyl sites for hydroxylation is 2. The fraction of sp³-hybridized carbons (Fsp3) is 0.462. The van der Waals surface area contributed by atoms with E-state index >= 15 is 0 Å². The van der Waals surface area contributed by atoms with Crippen molar-refractivity contribution < 1.29 is 32.3 Å². The third-order valence-corrected chi connectivity index (χ3v) is 13.0. The summed E-state index contributed by atoms with van der Waals surface area (Å²) in [5.41, 5.74) is -0.0840. The summed E-state index contributed by atoms with van der Waals surface area (Å²) in [6, 6.07) is 10.9. The smallest absolute Gasteiger partial charge is 0.272 e. The van der Waals surface area contributed by atoms with E-state index in [2.05, 4.69) is 25.4 Å². The van der Waals surface area contributed by atoms with E-state index in [0.717, 1.165) is 34.7 Å². The lowest BCUT2D eigenvalue weighted by Crippen LogP contribution is -2.58. The number of allylic oxidation sites excluding steroid dienone is 1. The fourth-order valence-electron chi connectivity index (χ4n) is 7.76. The summed E-state index contributed by atoms with van der Waals surface area (Å²) in [5.74, 6) is -2.52. The molecule has 4 aliphatic rings. The summed E-state index contributed by atoms with van der Waals surface area (Å²) in [6.45, 7) is 1.81. The molecule has 55 heavy (non-hydrogen) atoms. The Hall–Kier alpha value is -5.38. The van der Waals surface area contributed by atoms with Gasteiger partial charge in [-0.1, -0.05) is 43.2 Å². The molecule has 0 radical (unpaired) electrons. The van der Waals surface area contributed by atoms with Crippen LogP contribution in [-0.2, 0) is 31.5 Å². The minimum Gasteiger partial charge on any atom is -0.472 e. The number of carbonyl (C=O) groups is 4. The predicted molar refractivity (Wildman–Crippen MR) is 202 cm³/mol. The molecule has 2 saturated carbocycles. The zero-order valence-electron chi connectivity index (χ0n) is 30.7. The molecule has 16 heteroatoms. The second-order valence-electron chi connectivity index (χ2n) is 15.2. The Morgan fingerprint density at radius 3 is 2.56 bits per heavy atom. The van der Waals surface area contributed by atoms with Crippen molar-refractivity contribution in [1.82, 2.24) is 40.0 Å². The molecule has 3 N–H and O–H groups in total. The maximum Gasteiger partial charge on any atom is 0.272 e. The van der Waals surface area contributed by atoms with Crippen molar-refractivity contribution in [1.29, 1.82) is 0 Å². The van der Waals surface area contributed by atoms with Gasteiger partial charge in [-0.2, -0.15) is 10.1 Å². The minimum absolute atomic E-state index is 0.0131. The van der Waals surface area contributed by atoms with Crippen LogP contribution in [0.25, 0.3) is 21.8 Å². The summed E-state index contributed by atoms with van der Waals surface area (Å²) in [7, 11) is -2.17. The molecule has 5 heterocycles. The zero-order chi connectivity index (χ0) is 38.5. The number of hydrogen-bond acceptors (Lipinski definition) is 10. The number of rotatable bonds is 7. The molecule has 2 aliphatic carbocycles. The number of aromatic nitrogens is 4. The molecule has 2 aliphatic heterocycles. The molecule has 8 rings (SSSR count). The molecule has 288 valence electrons. The Morgan fingerprint density at radius 1 is 1.02 bits per heavy atom. The van der Waals surface area contributed by atoms with Crippen molar-refractivity contribution >= 4 is 55.5 Å². The van der Waals surface area contributed by atoms with E-state index in [9.17, 15) is 27.6 Å². The van der Waals surface area contributed by atoms with Crippen LogP contribution >= 0.6 is 0 Å². The summed E-state index contributed by atoms with van der Waals surface area (Å²) in [4.78, 5) is 67.0. The lowest BCUT2D eigenvalue weighted by atomic mass is 10.0. The lowest BCUT2D eigenvalue weighted by Gasteiger charge is -2.29. The molecule has 0 bridgehead atoms. The molecule has 15 nitrogen and oxygen atoms in total. The van der Waals surface area contributed by atoms with Gasteiger partial charge >= 0.3 is 0 Å². The first-order valence-corrected chi connectivity index (χ1v) is 20.4. The molecule has 5 atom stereocenters. The second kappa shape index (κ2) is 14.4. The molecular formula is C39H44N8O7S. The highest BCUT2D eigenvalue weighted by Gasteiger charge is 2.62. The van der Waals surface area contributed by atoms with Gasteiger partial charge in [0.15, 0.2) is 5.65 Å². The van der Waals surface area contributed by atoms with Gasteiger partial charge in [-0.3, -0.25) is 28.6 Å². The number of nitrogens with zero attached hydrogens (tertiary/aromatic N) is 5. The highest BCUT2D eigenvalue weighted by molar-refractivity contribution is 7.91. The van der Waals surface area contributed by atoms with Gasteiger partial charge in [-0.25, -0.2) is 13.4 Å². The topological polar surface area (TPSA) is 195 Å². The monoisotopic (exact) mass is 768 g/mol. The van der Waals surface area contributed by atoms with E-state index in [4.69, 9.17) is 9.72 Å². The van der Waals surface area contributed by atoms with Gasteiger partial charge in [0, 0.05) is 42.0 Å². The third-order valence-electron chi connectivity index (χ3n) is 11.2. The van der Waals surface area contributed by atoms with E-state index in [0.29, 0.717) is 43.6 Å². The van der Waals surface area contributed by atoms with Gasteiger partial charge in [0.05, 0.1) is 11.8 Å². The van der Waals surface area contributed by atoms with E-state index < -0.39 is 68.5 Å². The van der Waals surface area contributed by atoms with E-state index in [-0.39, 0.29) is 25.1 Å². The van der Waals surface area contributed by atoms with Crippen LogP contribution in [0.5, 0.6) is 5.88 Å². The van der Waals surface area contributed by atoms with Crippen LogP contribution in [0.2, 0.25) is 0 Å². The molecule has 4 aromatic rings. The minimum atomic E-state index is -3.90. The quantitative estimate of drug-likeness (QED) is 0.186. The number of amides is 4. The first kappa shape index (κ1) is 36.6. The van der Waals surface area contributed by atoms with Crippen molar-refractivity contribution in [3.8, 4) is 5.88 Å². The number of sulfonamides is 1.